The lowest BCUT2D eigenvalue weighted by molar-refractivity contribution is -0.119. The van der Waals surface area contributed by atoms with E-state index < -0.39 is 0 Å². The molecule has 0 spiro atoms. The lowest BCUT2D eigenvalue weighted by Gasteiger charge is -2.05. The molecule has 1 aliphatic carbocycles. The molecule has 5 nitrogen and oxygen atoms in total. The summed E-state index contributed by atoms with van der Waals surface area (Å²) in [5.74, 6) is 1.31. The first kappa shape index (κ1) is 27.2. The van der Waals surface area contributed by atoms with E-state index in [1.54, 1.807) is 0 Å². The number of aryl methyl sites for hydroxylation is 1. The number of Topliss-reactive ketones (excluding diaryl/α,β-unsaturated/α-hetero) is 1. The Kier molecular flexibility index (Phi) is 13.2. The van der Waals surface area contributed by atoms with Crippen molar-refractivity contribution >= 4 is 34.0 Å². The van der Waals surface area contributed by atoms with Gasteiger partial charge in [-0.25, -0.2) is 9.50 Å². The van der Waals surface area contributed by atoms with Gasteiger partial charge < -0.3 is 5.32 Å². The molecule has 2 aromatic heterocycles. The number of rotatable bonds is 7. The molecule has 2 heterocycles. The third-order valence-electron chi connectivity index (χ3n) is 4.68. The first-order valence-corrected chi connectivity index (χ1v) is 13.5. The minimum atomic E-state index is 0. The lowest BCUT2D eigenvalue weighted by Crippen LogP contribution is -2.24. The van der Waals surface area contributed by atoms with E-state index in [1.807, 2.05) is 49.3 Å². The molecular formula is C25H39IN4O. The average molecular weight is 539 g/mol. The van der Waals surface area contributed by atoms with Gasteiger partial charge in [0.15, 0.2) is 11.5 Å². The zero-order valence-corrected chi connectivity index (χ0v) is 21.9. The fraction of sp³-hybridized carbons (Fsp3) is 0.480. The summed E-state index contributed by atoms with van der Waals surface area (Å²) in [5.41, 5.74) is 4.28. The molecule has 31 heavy (non-hydrogen) atoms. The highest BCUT2D eigenvalue weighted by molar-refractivity contribution is 14.1. The van der Waals surface area contributed by atoms with Crippen LogP contribution >= 0.6 is 22.6 Å². The molecule has 0 atom stereocenters. The summed E-state index contributed by atoms with van der Waals surface area (Å²) in [6, 6.07) is 14.6. The van der Waals surface area contributed by atoms with E-state index in [1.165, 1.54) is 5.56 Å². The van der Waals surface area contributed by atoms with Gasteiger partial charge in [0.2, 0.25) is 0 Å². The molecule has 6 heteroatoms. The van der Waals surface area contributed by atoms with Gasteiger partial charge in [-0.3, -0.25) is 4.79 Å². The molecule has 1 fully saturated rings. The van der Waals surface area contributed by atoms with Crippen molar-refractivity contribution in [3.63, 3.8) is 0 Å². The van der Waals surface area contributed by atoms with Gasteiger partial charge in [-0.1, -0.05) is 87.5 Å². The smallest absolute Gasteiger partial charge is 0.165 e. The summed E-state index contributed by atoms with van der Waals surface area (Å²) in [7, 11) is 0. The van der Waals surface area contributed by atoms with Crippen LogP contribution in [0.2, 0.25) is 0 Å². The number of carbonyl (C=O) groups excluding carboxylic acids is 1. The number of halogens is 1. The van der Waals surface area contributed by atoms with Crippen molar-refractivity contribution in [3.05, 3.63) is 53.9 Å². The summed E-state index contributed by atoms with van der Waals surface area (Å²) in [6.45, 7) is 11.1. The molecule has 172 valence electrons. The van der Waals surface area contributed by atoms with Crippen LogP contribution in [0.25, 0.3) is 16.9 Å². The Morgan fingerprint density at radius 2 is 1.74 bits per heavy atom. The number of nitrogens with zero attached hydrogens (tertiary/aromatic N) is 3. The number of pyridine rings is 1. The maximum Gasteiger partial charge on any atom is 0.165 e. The number of alkyl halides is 1. The van der Waals surface area contributed by atoms with Gasteiger partial charge in [0.05, 0.1) is 18.8 Å². The Hall–Kier alpha value is -1.80. The van der Waals surface area contributed by atoms with Gasteiger partial charge in [-0.2, -0.15) is 0 Å². The van der Waals surface area contributed by atoms with Gasteiger partial charge in [0, 0.05) is 12.9 Å². The predicted molar refractivity (Wildman–Crippen MR) is 142 cm³/mol. The number of aromatic nitrogens is 3. The average Bonchev–Trinajstić information content (AvgIpc) is 3.62. The number of carbonyl (C=O) groups is 1. The second kappa shape index (κ2) is 15.1. The van der Waals surface area contributed by atoms with Gasteiger partial charge in [-0.05, 0) is 41.9 Å². The van der Waals surface area contributed by atoms with E-state index in [-0.39, 0.29) is 1.43 Å². The Bertz CT molecular complexity index is 908. The molecule has 0 radical (unpaired) electrons. The Morgan fingerprint density at radius 1 is 1.10 bits per heavy atom. The number of fused-ring (bicyclic) bond motifs is 1. The minimum absolute atomic E-state index is 0. The third-order valence-corrected chi connectivity index (χ3v) is 4.68. The number of benzene rings is 1. The van der Waals surface area contributed by atoms with Crippen molar-refractivity contribution in [1.29, 1.82) is 0 Å². The highest BCUT2D eigenvalue weighted by Gasteiger charge is 2.28. The number of nitrogens with one attached hydrogen (secondary N) is 1. The fourth-order valence-corrected chi connectivity index (χ4v) is 3.00. The molecule has 1 aliphatic rings. The summed E-state index contributed by atoms with van der Waals surface area (Å²) in [4.78, 5) is 18.3. The molecule has 1 N–H and O–H groups in total. The highest BCUT2D eigenvalue weighted by Crippen LogP contribution is 2.29. The maximum absolute atomic E-state index is 11.8. The second-order valence-corrected chi connectivity index (χ2v) is 6.60. The highest BCUT2D eigenvalue weighted by atomic mass is 127. The van der Waals surface area contributed by atoms with Gasteiger partial charge in [0.25, 0.3) is 0 Å². The zero-order valence-electron chi connectivity index (χ0n) is 19.8. The maximum atomic E-state index is 11.8. The van der Waals surface area contributed by atoms with Gasteiger partial charge >= 0.3 is 0 Å². The Balaban J connectivity index is 0.00000127. The van der Waals surface area contributed by atoms with Crippen LogP contribution in [0.15, 0.2) is 42.5 Å². The number of hydrogen-bond donors (Lipinski definition) is 1. The fourth-order valence-electron chi connectivity index (χ4n) is 3.00. The van der Waals surface area contributed by atoms with Crippen molar-refractivity contribution in [1.82, 2.24) is 19.9 Å². The van der Waals surface area contributed by atoms with Crippen LogP contribution in [0.3, 0.4) is 0 Å². The third kappa shape index (κ3) is 8.00. The van der Waals surface area contributed by atoms with Crippen LogP contribution < -0.4 is 5.32 Å². The Labute approximate surface area is 202 Å². The largest absolute Gasteiger partial charge is 0.303 e. The topological polar surface area (TPSA) is 59.3 Å². The summed E-state index contributed by atoms with van der Waals surface area (Å²) >= 11 is 2.15. The predicted octanol–water partition coefficient (Wildman–Crippen LogP) is 6.38. The zero-order chi connectivity index (χ0) is 23.2. The molecule has 0 unspecified atom stereocenters. The standard InChI is InChI=1S/C20H22N4O.2C2H6.CH3I.H2/c1-2-14-6-8-15(9-7-14)17-4-3-5-20-22-19(23-24(17)20)13-21-12-18(25)16-10-11-16;3*1-2;/h3-9,16,21H,2,10-13H2,1H3;2*1-2H3;1H3;1H. The van der Waals surface area contributed by atoms with Crippen LogP contribution in [-0.2, 0) is 17.8 Å². The van der Waals surface area contributed by atoms with Crippen molar-refractivity contribution in [3.8, 4) is 11.3 Å². The number of hydrogen-bond acceptors (Lipinski definition) is 4. The van der Waals surface area contributed by atoms with Crippen molar-refractivity contribution < 1.29 is 6.22 Å². The van der Waals surface area contributed by atoms with E-state index in [0.717, 1.165) is 36.2 Å². The first-order chi connectivity index (χ1) is 15.2. The van der Waals surface area contributed by atoms with Gasteiger partial charge in [-0.15, -0.1) is 5.10 Å². The summed E-state index contributed by atoms with van der Waals surface area (Å²) in [6.07, 6.45) is 3.13. The number of ketones is 1. The van der Waals surface area contributed by atoms with E-state index in [9.17, 15) is 4.79 Å². The molecular weight excluding hydrogens is 499 g/mol. The SMILES string of the molecule is CC.CC.CCc1ccc(-c2cccc3nc(CNCC(=O)C4CC4)nn23)cc1.CI.[HH]. The van der Waals surface area contributed by atoms with Crippen LogP contribution in [0.1, 0.15) is 60.3 Å². The quantitative estimate of drug-likeness (QED) is 0.280. The molecule has 0 amide bonds. The molecule has 0 bridgehead atoms. The molecule has 0 saturated heterocycles. The van der Waals surface area contributed by atoms with E-state index in [0.29, 0.717) is 30.6 Å². The molecule has 1 saturated carbocycles. The van der Waals surface area contributed by atoms with Crippen molar-refractivity contribution in [2.75, 3.05) is 11.5 Å². The van der Waals surface area contributed by atoms with Crippen molar-refractivity contribution in [2.24, 2.45) is 5.92 Å². The van der Waals surface area contributed by atoms with E-state index >= 15 is 0 Å². The first-order valence-electron chi connectivity index (χ1n) is 11.3. The van der Waals surface area contributed by atoms with Crippen LogP contribution in [0, 0.1) is 5.92 Å². The second-order valence-electron chi connectivity index (χ2n) is 6.60. The molecule has 1 aromatic carbocycles. The Morgan fingerprint density at radius 3 is 2.32 bits per heavy atom. The lowest BCUT2D eigenvalue weighted by atomic mass is 10.1. The van der Waals surface area contributed by atoms with Crippen molar-refractivity contribution in [2.45, 2.75) is 60.4 Å². The van der Waals surface area contributed by atoms with Crippen LogP contribution in [-0.4, -0.2) is 31.9 Å². The molecule has 3 aromatic rings. The summed E-state index contributed by atoms with van der Waals surface area (Å²) in [5, 5.41) is 7.79. The molecule has 4 rings (SSSR count). The van der Waals surface area contributed by atoms with Crippen LogP contribution in [0.4, 0.5) is 0 Å². The normalized spacial score (nSPS) is 12.0. The van der Waals surface area contributed by atoms with Gasteiger partial charge in [0.1, 0.15) is 5.78 Å². The molecule has 0 aliphatic heterocycles. The van der Waals surface area contributed by atoms with E-state index in [4.69, 9.17) is 0 Å². The minimum Gasteiger partial charge on any atom is -0.303 e. The van der Waals surface area contributed by atoms with E-state index in [2.05, 4.69) is 75.2 Å². The monoisotopic (exact) mass is 538 g/mol. The summed E-state index contributed by atoms with van der Waals surface area (Å²) < 4.78 is 1.88. The van der Waals surface area contributed by atoms with Crippen LogP contribution in [0.5, 0.6) is 0 Å².